The van der Waals surface area contributed by atoms with Gasteiger partial charge in [0.1, 0.15) is 9.90 Å². The Hall–Kier alpha value is -1.44. The lowest BCUT2D eigenvalue weighted by Gasteiger charge is -2.16. The fourth-order valence-electron chi connectivity index (χ4n) is 2.08. The van der Waals surface area contributed by atoms with Crippen LogP contribution in [0.3, 0.4) is 0 Å². The van der Waals surface area contributed by atoms with Gasteiger partial charge in [0.15, 0.2) is 0 Å². The molecule has 0 spiro atoms. The molecular weight excluding hydrogens is 306 g/mol. The van der Waals surface area contributed by atoms with E-state index in [0.29, 0.717) is 5.56 Å². The highest BCUT2D eigenvalue weighted by Crippen LogP contribution is 2.27. The van der Waals surface area contributed by atoms with Gasteiger partial charge >= 0.3 is 0 Å². The maximum atomic E-state index is 12.6. The van der Waals surface area contributed by atoms with Gasteiger partial charge in [0.05, 0.1) is 11.7 Å². The van der Waals surface area contributed by atoms with E-state index in [9.17, 15) is 8.42 Å². The summed E-state index contributed by atoms with van der Waals surface area (Å²) < 4.78 is 27.9. The van der Waals surface area contributed by atoms with Crippen LogP contribution in [0.1, 0.15) is 34.8 Å². The van der Waals surface area contributed by atoms with Gasteiger partial charge in [-0.25, -0.2) is 18.1 Å². The first kappa shape index (κ1) is 15.9. The lowest BCUT2D eigenvalue weighted by Crippen LogP contribution is -2.28. The molecule has 0 radical (unpaired) electrons. The summed E-state index contributed by atoms with van der Waals surface area (Å²) >= 11 is 1.44. The van der Waals surface area contributed by atoms with E-state index < -0.39 is 16.1 Å². The summed E-state index contributed by atoms with van der Waals surface area (Å²) in [4.78, 5) is 4.47. The Morgan fingerprint density at radius 2 is 1.95 bits per heavy atom. The third-order valence-corrected chi connectivity index (χ3v) is 6.20. The van der Waals surface area contributed by atoms with Crippen molar-refractivity contribution in [3.63, 3.8) is 0 Å². The first-order valence-electron chi connectivity index (χ1n) is 6.52. The standard InChI is InChI=1S/C14H19N3O2S2/c1-8-5-6-12(15)13(10(8)3)21(18,19)17-11(4)14-16-9(2)7-20-14/h5-7,11,17H,15H2,1-4H3. The molecule has 3 N–H and O–H groups in total. The van der Waals surface area contributed by atoms with E-state index >= 15 is 0 Å². The van der Waals surface area contributed by atoms with Crippen LogP contribution in [-0.4, -0.2) is 13.4 Å². The summed E-state index contributed by atoms with van der Waals surface area (Å²) in [6.07, 6.45) is 0. The second kappa shape index (κ2) is 5.75. The van der Waals surface area contributed by atoms with Crippen LogP contribution in [0.25, 0.3) is 0 Å². The van der Waals surface area contributed by atoms with Gasteiger partial charge in [-0.15, -0.1) is 11.3 Å². The van der Waals surface area contributed by atoms with E-state index in [-0.39, 0.29) is 10.6 Å². The second-order valence-electron chi connectivity index (χ2n) is 5.10. The van der Waals surface area contributed by atoms with E-state index in [1.54, 1.807) is 19.9 Å². The number of hydrogen-bond acceptors (Lipinski definition) is 5. The minimum atomic E-state index is -3.69. The van der Waals surface area contributed by atoms with E-state index in [1.165, 1.54) is 11.3 Å². The Bertz CT molecular complexity index is 767. The van der Waals surface area contributed by atoms with Crippen molar-refractivity contribution >= 4 is 27.0 Å². The molecule has 0 bridgehead atoms. The highest BCUT2D eigenvalue weighted by molar-refractivity contribution is 7.89. The van der Waals surface area contributed by atoms with Crippen LogP contribution < -0.4 is 10.5 Å². The fraction of sp³-hybridized carbons (Fsp3) is 0.357. The lowest BCUT2D eigenvalue weighted by atomic mass is 10.1. The number of thiazole rings is 1. The number of aryl methyl sites for hydroxylation is 2. The van der Waals surface area contributed by atoms with Gasteiger partial charge < -0.3 is 5.73 Å². The summed E-state index contributed by atoms with van der Waals surface area (Å²) in [7, 11) is -3.69. The number of aromatic nitrogens is 1. The number of nitrogens with two attached hydrogens (primary N) is 1. The SMILES string of the molecule is Cc1csc(C(C)NS(=O)(=O)c2c(N)ccc(C)c2C)n1. The van der Waals surface area contributed by atoms with Gasteiger partial charge in [0.25, 0.3) is 0 Å². The van der Waals surface area contributed by atoms with Crippen molar-refractivity contribution in [2.24, 2.45) is 0 Å². The third kappa shape index (κ3) is 3.25. The Balaban J connectivity index is 2.37. The largest absolute Gasteiger partial charge is 0.398 e. The number of hydrogen-bond donors (Lipinski definition) is 2. The molecule has 2 rings (SSSR count). The summed E-state index contributed by atoms with van der Waals surface area (Å²) in [5.41, 5.74) is 8.56. The van der Waals surface area contributed by atoms with Crippen molar-refractivity contribution in [2.75, 3.05) is 5.73 Å². The molecule has 0 aliphatic rings. The molecule has 7 heteroatoms. The van der Waals surface area contributed by atoms with Gasteiger partial charge in [-0.3, -0.25) is 0 Å². The molecule has 21 heavy (non-hydrogen) atoms. The molecule has 0 saturated carbocycles. The van der Waals surface area contributed by atoms with Crippen molar-refractivity contribution < 1.29 is 8.42 Å². The van der Waals surface area contributed by atoms with Crippen molar-refractivity contribution in [1.29, 1.82) is 0 Å². The van der Waals surface area contributed by atoms with Gasteiger partial charge in [-0.1, -0.05) is 6.07 Å². The molecule has 0 saturated heterocycles. The topological polar surface area (TPSA) is 85.1 Å². The van der Waals surface area contributed by atoms with Gasteiger partial charge in [0, 0.05) is 11.1 Å². The number of sulfonamides is 1. The fourth-order valence-corrected chi connectivity index (χ4v) is 4.60. The van der Waals surface area contributed by atoms with Crippen molar-refractivity contribution in [3.05, 3.63) is 39.3 Å². The summed E-state index contributed by atoms with van der Waals surface area (Å²) in [5, 5.41) is 2.63. The minimum absolute atomic E-state index is 0.155. The van der Waals surface area contributed by atoms with E-state index in [2.05, 4.69) is 9.71 Å². The predicted molar refractivity (Wildman–Crippen MR) is 85.9 cm³/mol. The normalized spacial score (nSPS) is 13.3. The van der Waals surface area contributed by atoms with Crippen LogP contribution in [0, 0.1) is 20.8 Å². The molecule has 1 aromatic carbocycles. The van der Waals surface area contributed by atoms with Gasteiger partial charge in [-0.05, 0) is 44.9 Å². The molecule has 0 amide bonds. The maximum absolute atomic E-state index is 12.6. The Morgan fingerprint density at radius 1 is 1.29 bits per heavy atom. The second-order valence-corrected chi connectivity index (χ2v) is 7.64. The number of nitrogens with zero attached hydrogens (tertiary/aromatic N) is 1. The minimum Gasteiger partial charge on any atom is -0.398 e. The summed E-state index contributed by atoms with van der Waals surface area (Å²) in [6, 6.07) is 3.04. The molecule has 0 aliphatic carbocycles. The van der Waals surface area contributed by atoms with Crippen molar-refractivity contribution in [1.82, 2.24) is 9.71 Å². The van der Waals surface area contributed by atoms with Gasteiger partial charge in [-0.2, -0.15) is 0 Å². The summed E-state index contributed by atoms with van der Waals surface area (Å²) in [5.74, 6) is 0. The van der Waals surface area contributed by atoms with Crippen LogP contribution in [0.15, 0.2) is 22.4 Å². The molecule has 1 atom stereocenters. The van der Waals surface area contributed by atoms with E-state index in [1.807, 2.05) is 25.3 Å². The Labute approximate surface area is 129 Å². The number of rotatable bonds is 4. The highest BCUT2D eigenvalue weighted by Gasteiger charge is 2.24. The average Bonchev–Trinajstić information content (AvgIpc) is 2.80. The zero-order chi connectivity index (χ0) is 15.8. The monoisotopic (exact) mass is 325 g/mol. The molecule has 2 aromatic rings. The molecule has 0 fully saturated rings. The van der Waals surface area contributed by atoms with Crippen molar-refractivity contribution in [2.45, 2.75) is 38.6 Å². The summed E-state index contributed by atoms with van der Waals surface area (Å²) in [6.45, 7) is 7.28. The lowest BCUT2D eigenvalue weighted by molar-refractivity contribution is 0.566. The molecular formula is C14H19N3O2S2. The Kier molecular flexibility index (Phi) is 4.36. The van der Waals surface area contributed by atoms with Gasteiger partial charge in [0.2, 0.25) is 10.0 Å². The zero-order valence-corrected chi connectivity index (χ0v) is 14.1. The van der Waals surface area contributed by atoms with Crippen LogP contribution >= 0.6 is 11.3 Å². The predicted octanol–water partition coefficient (Wildman–Crippen LogP) is 2.69. The van der Waals surface area contributed by atoms with Crippen LogP contribution in [0.2, 0.25) is 0 Å². The molecule has 114 valence electrons. The molecule has 1 heterocycles. The zero-order valence-electron chi connectivity index (χ0n) is 12.5. The first-order valence-corrected chi connectivity index (χ1v) is 8.88. The number of anilines is 1. The quantitative estimate of drug-likeness (QED) is 0.846. The molecule has 5 nitrogen and oxygen atoms in total. The highest BCUT2D eigenvalue weighted by atomic mass is 32.2. The first-order chi connectivity index (χ1) is 9.72. The van der Waals surface area contributed by atoms with Crippen LogP contribution in [0.5, 0.6) is 0 Å². The number of nitrogen functional groups attached to an aromatic ring is 1. The number of nitrogens with one attached hydrogen (secondary N) is 1. The van der Waals surface area contributed by atoms with Crippen molar-refractivity contribution in [3.8, 4) is 0 Å². The molecule has 1 unspecified atom stereocenters. The van der Waals surface area contributed by atoms with E-state index in [0.717, 1.165) is 16.3 Å². The average molecular weight is 325 g/mol. The number of benzene rings is 1. The van der Waals surface area contributed by atoms with Crippen LogP contribution in [0.4, 0.5) is 5.69 Å². The molecule has 1 aromatic heterocycles. The smallest absolute Gasteiger partial charge is 0.243 e. The van der Waals surface area contributed by atoms with E-state index in [4.69, 9.17) is 5.73 Å². The van der Waals surface area contributed by atoms with Crippen LogP contribution in [-0.2, 0) is 10.0 Å². The maximum Gasteiger partial charge on any atom is 0.243 e. The Morgan fingerprint density at radius 3 is 2.52 bits per heavy atom. The third-order valence-electron chi connectivity index (χ3n) is 3.32. The molecule has 0 aliphatic heterocycles.